The van der Waals surface area contributed by atoms with Crippen LogP contribution in [0, 0.1) is 11.8 Å². The first-order valence-electron chi connectivity index (χ1n) is 5.83. The van der Waals surface area contributed by atoms with Crippen LogP contribution in [0.3, 0.4) is 0 Å². The molecule has 1 atom stereocenters. The van der Waals surface area contributed by atoms with E-state index in [2.05, 4.69) is 17.1 Å². The minimum absolute atomic E-state index is 0.472. The summed E-state index contributed by atoms with van der Waals surface area (Å²) in [4.78, 5) is 4.39. The zero-order valence-electron chi connectivity index (χ0n) is 9.28. The summed E-state index contributed by atoms with van der Waals surface area (Å²) in [6.45, 7) is 2.83. The van der Waals surface area contributed by atoms with Crippen molar-refractivity contribution in [1.29, 1.82) is 0 Å². The van der Waals surface area contributed by atoms with Crippen LogP contribution in [0.1, 0.15) is 37.9 Å². The molecule has 1 unspecified atom stereocenters. The predicted molar refractivity (Wildman–Crippen MR) is 57.3 cm³/mol. The van der Waals surface area contributed by atoms with Crippen molar-refractivity contribution in [2.45, 2.75) is 39.0 Å². The van der Waals surface area contributed by atoms with E-state index >= 15 is 0 Å². The van der Waals surface area contributed by atoms with E-state index in [1.165, 1.54) is 12.8 Å². The third-order valence-corrected chi connectivity index (χ3v) is 3.05. The van der Waals surface area contributed by atoms with Gasteiger partial charge in [-0.1, -0.05) is 18.5 Å². The lowest BCUT2D eigenvalue weighted by Crippen LogP contribution is -2.16. The smallest absolute Gasteiger partial charge is 0.226 e. The highest BCUT2D eigenvalue weighted by Crippen LogP contribution is 2.31. The number of hydrogen-bond acceptors (Lipinski definition) is 4. The van der Waals surface area contributed by atoms with Crippen molar-refractivity contribution in [2.24, 2.45) is 17.6 Å². The average Bonchev–Trinajstić information content (AvgIpc) is 2.94. The van der Waals surface area contributed by atoms with Gasteiger partial charge < -0.3 is 10.3 Å². The van der Waals surface area contributed by atoms with E-state index in [1.807, 2.05) is 0 Å². The topological polar surface area (TPSA) is 64.9 Å². The number of rotatable bonds is 6. The van der Waals surface area contributed by atoms with E-state index in [9.17, 15) is 0 Å². The van der Waals surface area contributed by atoms with Crippen LogP contribution in [0.2, 0.25) is 0 Å². The molecule has 1 heterocycles. The molecule has 4 heteroatoms. The molecule has 0 amide bonds. The number of hydrogen-bond donors (Lipinski definition) is 1. The van der Waals surface area contributed by atoms with Gasteiger partial charge in [0.2, 0.25) is 5.89 Å². The molecule has 1 aliphatic rings. The molecule has 15 heavy (non-hydrogen) atoms. The van der Waals surface area contributed by atoms with E-state index in [0.29, 0.717) is 12.5 Å². The third-order valence-electron chi connectivity index (χ3n) is 3.05. The first kappa shape index (κ1) is 10.6. The van der Waals surface area contributed by atoms with E-state index in [1.54, 1.807) is 0 Å². The lowest BCUT2D eigenvalue weighted by molar-refractivity contribution is 0.346. The summed E-state index contributed by atoms with van der Waals surface area (Å²) in [6, 6.07) is 0. The van der Waals surface area contributed by atoms with E-state index in [4.69, 9.17) is 10.3 Å². The highest BCUT2D eigenvalue weighted by Gasteiger charge is 2.24. The zero-order valence-corrected chi connectivity index (χ0v) is 9.28. The second-order valence-electron chi connectivity index (χ2n) is 4.47. The van der Waals surface area contributed by atoms with Crippen LogP contribution >= 0.6 is 0 Å². The molecule has 1 aromatic heterocycles. The van der Waals surface area contributed by atoms with Gasteiger partial charge in [-0.05, 0) is 31.2 Å². The number of nitrogens with two attached hydrogens (primary N) is 1. The van der Waals surface area contributed by atoms with Gasteiger partial charge in [-0.25, -0.2) is 0 Å². The molecule has 0 aliphatic heterocycles. The van der Waals surface area contributed by atoms with Gasteiger partial charge in [0.15, 0.2) is 5.82 Å². The molecule has 1 saturated carbocycles. The molecular formula is C11H19N3O. The Hall–Kier alpha value is -0.900. The van der Waals surface area contributed by atoms with Crippen LogP contribution in [0.4, 0.5) is 0 Å². The molecule has 0 spiro atoms. The van der Waals surface area contributed by atoms with Gasteiger partial charge in [-0.3, -0.25) is 0 Å². The van der Waals surface area contributed by atoms with Crippen molar-refractivity contribution in [2.75, 3.05) is 6.54 Å². The van der Waals surface area contributed by atoms with Crippen LogP contribution < -0.4 is 5.73 Å². The maximum absolute atomic E-state index is 5.64. The Morgan fingerprint density at radius 1 is 1.53 bits per heavy atom. The summed E-state index contributed by atoms with van der Waals surface area (Å²) >= 11 is 0. The van der Waals surface area contributed by atoms with Gasteiger partial charge in [0, 0.05) is 12.8 Å². The molecule has 0 saturated heterocycles. The first-order chi connectivity index (χ1) is 7.31. The zero-order chi connectivity index (χ0) is 10.7. The Bertz CT molecular complexity index is 303. The second-order valence-corrected chi connectivity index (χ2v) is 4.47. The van der Waals surface area contributed by atoms with Crippen LogP contribution in [-0.4, -0.2) is 16.7 Å². The molecule has 0 radical (unpaired) electrons. The molecule has 1 aliphatic carbocycles. The molecule has 4 nitrogen and oxygen atoms in total. The third kappa shape index (κ3) is 3.02. The van der Waals surface area contributed by atoms with E-state index < -0.39 is 0 Å². The fourth-order valence-electron chi connectivity index (χ4n) is 1.68. The number of aromatic nitrogens is 2. The maximum Gasteiger partial charge on any atom is 0.226 e. The Kier molecular flexibility index (Phi) is 3.36. The summed E-state index contributed by atoms with van der Waals surface area (Å²) in [5.41, 5.74) is 5.64. The van der Waals surface area contributed by atoms with Crippen molar-refractivity contribution in [3.63, 3.8) is 0 Å². The van der Waals surface area contributed by atoms with Crippen LogP contribution in [0.15, 0.2) is 4.52 Å². The highest BCUT2D eigenvalue weighted by atomic mass is 16.5. The Balaban J connectivity index is 1.87. The van der Waals surface area contributed by atoms with Gasteiger partial charge in [0.1, 0.15) is 0 Å². The highest BCUT2D eigenvalue weighted by molar-refractivity contribution is 4.92. The second kappa shape index (κ2) is 4.75. The van der Waals surface area contributed by atoms with E-state index in [-0.39, 0.29) is 0 Å². The molecule has 1 fully saturated rings. The van der Waals surface area contributed by atoms with Gasteiger partial charge >= 0.3 is 0 Å². The van der Waals surface area contributed by atoms with Crippen molar-refractivity contribution < 1.29 is 4.52 Å². The Morgan fingerprint density at radius 2 is 2.33 bits per heavy atom. The predicted octanol–water partition coefficient (Wildman–Crippen LogP) is 1.55. The van der Waals surface area contributed by atoms with Crippen LogP contribution in [0.25, 0.3) is 0 Å². The summed E-state index contributed by atoms with van der Waals surface area (Å²) in [7, 11) is 0. The minimum Gasteiger partial charge on any atom is -0.339 e. The average molecular weight is 209 g/mol. The molecule has 0 bridgehead atoms. The lowest BCUT2D eigenvalue weighted by atomic mass is 10.0. The van der Waals surface area contributed by atoms with Gasteiger partial charge in [-0.15, -0.1) is 0 Å². The SMILES string of the molecule is CCC(CN)Cc1nc(CC2CC2)no1. The molecule has 84 valence electrons. The standard InChI is InChI=1S/C11H19N3O/c1-2-8(7-12)6-11-13-10(14-15-11)5-9-3-4-9/h8-9H,2-7,12H2,1H3. The summed E-state index contributed by atoms with van der Waals surface area (Å²) < 4.78 is 5.21. The molecule has 2 N–H and O–H groups in total. The Morgan fingerprint density at radius 3 is 2.93 bits per heavy atom. The summed E-state index contributed by atoms with van der Waals surface area (Å²) in [5, 5.41) is 3.99. The fourth-order valence-corrected chi connectivity index (χ4v) is 1.68. The van der Waals surface area contributed by atoms with Crippen molar-refractivity contribution >= 4 is 0 Å². The van der Waals surface area contributed by atoms with Crippen molar-refractivity contribution in [3.05, 3.63) is 11.7 Å². The normalized spacial score (nSPS) is 18.0. The minimum atomic E-state index is 0.472. The fraction of sp³-hybridized carbons (Fsp3) is 0.818. The van der Waals surface area contributed by atoms with Crippen molar-refractivity contribution in [1.82, 2.24) is 10.1 Å². The molecular weight excluding hydrogens is 190 g/mol. The summed E-state index contributed by atoms with van der Waals surface area (Å²) in [6.07, 6.45) is 5.53. The lowest BCUT2D eigenvalue weighted by Gasteiger charge is -2.07. The molecule has 2 rings (SSSR count). The monoisotopic (exact) mass is 209 g/mol. The van der Waals surface area contributed by atoms with Gasteiger partial charge in [-0.2, -0.15) is 4.98 Å². The summed E-state index contributed by atoms with van der Waals surface area (Å²) in [5.74, 6) is 2.91. The maximum atomic E-state index is 5.64. The first-order valence-corrected chi connectivity index (χ1v) is 5.83. The van der Waals surface area contributed by atoms with Crippen LogP contribution in [-0.2, 0) is 12.8 Å². The largest absolute Gasteiger partial charge is 0.339 e. The molecule has 0 aromatic carbocycles. The van der Waals surface area contributed by atoms with Gasteiger partial charge in [0.05, 0.1) is 0 Å². The van der Waals surface area contributed by atoms with Crippen LogP contribution in [0.5, 0.6) is 0 Å². The Labute approximate surface area is 90.2 Å². The quantitative estimate of drug-likeness (QED) is 0.772. The van der Waals surface area contributed by atoms with E-state index in [0.717, 1.165) is 36.9 Å². The van der Waals surface area contributed by atoms with Crippen molar-refractivity contribution in [3.8, 4) is 0 Å². The number of nitrogens with zero attached hydrogens (tertiary/aromatic N) is 2. The van der Waals surface area contributed by atoms with Gasteiger partial charge in [0.25, 0.3) is 0 Å². The molecule has 1 aromatic rings.